The summed E-state index contributed by atoms with van der Waals surface area (Å²) in [5.41, 5.74) is 2.66. The quantitative estimate of drug-likeness (QED) is 0.562. The smallest absolute Gasteiger partial charge is 0.311 e. The second kappa shape index (κ2) is 9.84. The minimum Gasteiger partial charge on any atom is -0.484 e. The van der Waals surface area contributed by atoms with Crippen molar-refractivity contribution in [3.05, 3.63) is 65.0 Å². The van der Waals surface area contributed by atoms with E-state index in [4.69, 9.17) is 9.47 Å². The second-order valence-corrected chi connectivity index (χ2v) is 7.37. The number of esters is 1. The number of benzene rings is 2. The van der Waals surface area contributed by atoms with E-state index < -0.39 is 0 Å². The lowest BCUT2D eigenvalue weighted by atomic mass is 10.1. The van der Waals surface area contributed by atoms with Crippen molar-refractivity contribution < 1.29 is 19.1 Å². The number of nitrogens with zero attached hydrogens (tertiary/aromatic N) is 1. The molecule has 3 rings (SSSR count). The van der Waals surface area contributed by atoms with Gasteiger partial charge in [-0.1, -0.05) is 48.0 Å². The first kappa shape index (κ1) is 20.5. The number of carbonyl (C=O) groups is 2. The molecule has 0 unspecified atom stereocenters. The first-order chi connectivity index (χ1) is 14.0. The summed E-state index contributed by atoms with van der Waals surface area (Å²) in [5, 5.41) is 3.17. The molecule has 1 amide bonds. The van der Waals surface area contributed by atoms with Crippen molar-refractivity contribution in [1.29, 1.82) is 0 Å². The number of aromatic nitrogens is 1. The van der Waals surface area contributed by atoms with Crippen molar-refractivity contribution >= 4 is 28.3 Å². The van der Waals surface area contributed by atoms with Crippen molar-refractivity contribution in [3.8, 4) is 17.0 Å². The van der Waals surface area contributed by atoms with Gasteiger partial charge in [-0.15, -0.1) is 11.3 Å². The molecule has 150 valence electrons. The van der Waals surface area contributed by atoms with E-state index in [1.54, 1.807) is 6.92 Å². The zero-order valence-electron chi connectivity index (χ0n) is 16.3. The SMILES string of the molecule is CCOC(=O)Cc1sc(NC(=O)COc2ccc(C)cc2)nc1-c1ccccc1. The number of amides is 1. The minimum atomic E-state index is -0.325. The highest BCUT2D eigenvalue weighted by Crippen LogP contribution is 2.31. The monoisotopic (exact) mass is 410 g/mol. The van der Waals surface area contributed by atoms with Crippen LogP contribution < -0.4 is 10.1 Å². The van der Waals surface area contributed by atoms with Gasteiger partial charge in [0.15, 0.2) is 11.7 Å². The molecule has 0 saturated carbocycles. The molecule has 29 heavy (non-hydrogen) atoms. The number of thiazole rings is 1. The molecule has 0 bridgehead atoms. The summed E-state index contributed by atoms with van der Waals surface area (Å²) in [6.45, 7) is 3.94. The number of ether oxygens (including phenoxy) is 2. The normalized spacial score (nSPS) is 10.4. The summed E-state index contributed by atoms with van der Waals surface area (Å²) >= 11 is 1.26. The minimum absolute atomic E-state index is 0.103. The van der Waals surface area contributed by atoms with Crippen LogP contribution in [0.2, 0.25) is 0 Å². The fourth-order valence-electron chi connectivity index (χ4n) is 2.63. The number of rotatable bonds is 8. The van der Waals surface area contributed by atoms with Gasteiger partial charge in [0, 0.05) is 10.4 Å². The summed E-state index contributed by atoms with van der Waals surface area (Å²) in [7, 11) is 0. The van der Waals surface area contributed by atoms with E-state index in [2.05, 4.69) is 10.3 Å². The predicted molar refractivity (Wildman–Crippen MR) is 113 cm³/mol. The molecule has 0 aliphatic carbocycles. The topological polar surface area (TPSA) is 77.5 Å². The van der Waals surface area contributed by atoms with Crippen LogP contribution in [0.4, 0.5) is 5.13 Å². The Morgan fingerprint density at radius 2 is 1.79 bits per heavy atom. The molecule has 6 nitrogen and oxygen atoms in total. The van der Waals surface area contributed by atoms with Crippen LogP contribution in [-0.2, 0) is 20.7 Å². The molecule has 3 aromatic rings. The second-order valence-electron chi connectivity index (χ2n) is 6.29. The van der Waals surface area contributed by atoms with Gasteiger partial charge in [-0.05, 0) is 26.0 Å². The van der Waals surface area contributed by atoms with E-state index in [-0.39, 0.29) is 24.9 Å². The third-order valence-electron chi connectivity index (χ3n) is 3.99. The lowest BCUT2D eigenvalue weighted by molar-refractivity contribution is -0.142. The van der Waals surface area contributed by atoms with Crippen LogP contribution >= 0.6 is 11.3 Å². The summed E-state index contributed by atoms with van der Waals surface area (Å²) in [4.78, 5) is 29.5. The lowest BCUT2D eigenvalue weighted by Crippen LogP contribution is -2.20. The average Bonchev–Trinajstić information content (AvgIpc) is 3.10. The third-order valence-corrected chi connectivity index (χ3v) is 4.96. The first-order valence-electron chi connectivity index (χ1n) is 9.25. The molecule has 0 saturated heterocycles. The summed E-state index contributed by atoms with van der Waals surface area (Å²) < 4.78 is 10.6. The number of hydrogen-bond donors (Lipinski definition) is 1. The molecule has 0 radical (unpaired) electrons. The highest BCUT2D eigenvalue weighted by atomic mass is 32.1. The van der Waals surface area contributed by atoms with Crippen molar-refractivity contribution in [1.82, 2.24) is 4.98 Å². The van der Waals surface area contributed by atoms with Crippen LogP contribution in [-0.4, -0.2) is 30.1 Å². The Bertz CT molecular complexity index is 968. The number of hydrogen-bond acceptors (Lipinski definition) is 6. The Hall–Kier alpha value is -3.19. The van der Waals surface area contributed by atoms with E-state index in [9.17, 15) is 9.59 Å². The van der Waals surface area contributed by atoms with Crippen LogP contribution in [0, 0.1) is 6.92 Å². The number of anilines is 1. The number of aryl methyl sites for hydroxylation is 1. The molecule has 0 fully saturated rings. The third kappa shape index (κ3) is 5.89. The first-order valence-corrected chi connectivity index (χ1v) is 10.1. The lowest BCUT2D eigenvalue weighted by Gasteiger charge is -2.05. The van der Waals surface area contributed by atoms with Crippen LogP contribution in [0.1, 0.15) is 17.4 Å². The Kier molecular flexibility index (Phi) is 6.97. The van der Waals surface area contributed by atoms with Crippen LogP contribution in [0.3, 0.4) is 0 Å². The molecule has 0 aliphatic rings. The van der Waals surface area contributed by atoms with Crippen molar-refractivity contribution in [3.63, 3.8) is 0 Å². The fourth-order valence-corrected chi connectivity index (χ4v) is 3.61. The molecule has 2 aromatic carbocycles. The predicted octanol–water partition coefficient (Wildman–Crippen LogP) is 4.24. The van der Waals surface area contributed by atoms with E-state index in [0.29, 0.717) is 23.2 Å². The van der Waals surface area contributed by atoms with Crippen molar-refractivity contribution in [2.45, 2.75) is 20.3 Å². The van der Waals surface area contributed by atoms with E-state index in [0.717, 1.165) is 16.0 Å². The summed E-state index contributed by atoms with van der Waals surface area (Å²) in [6.07, 6.45) is 0.103. The largest absolute Gasteiger partial charge is 0.484 e. The Morgan fingerprint density at radius 1 is 1.07 bits per heavy atom. The molecule has 1 heterocycles. The Labute approximate surface area is 173 Å². The molecule has 0 aliphatic heterocycles. The zero-order chi connectivity index (χ0) is 20.6. The fraction of sp³-hybridized carbons (Fsp3) is 0.227. The van der Waals surface area contributed by atoms with Crippen LogP contribution in [0.5, 0.6) is 5.75 Å². The molecule has 1 N–H and O–H groups in total. The summed E-state index contributed by atoms with van der Waals surface area (Å²) in [5.74, 6) is -0.0200. The molecule has 0 spiro atoms. The van der Waals surface area contributed by atoms with Crippen molar-refractivity contribution in [2.75, 3.05) is 18.5 Å². The maximum Gasteiger partial charge on any atom is 0.311 e. The maximum atomic E-state index is 12.3. The maximum absolute atomic E-state index is 12.3. The Balaban J connectivity index is 1.71. The molecule has 0 atom stereocenters. The molecule has 7 heteroatoms. The highest BCUT2D eigenvalue weighted by Gasteiger charge is 2.18. The number of carbonyl (C=O) groups excluding carboxylic acids is 2. The van der Waals surface area contributed by atoms with Crippen LogP contribution in [0.15, 0.2) is 54.6 Å². The number of nitrogens with one attached hydrogen (secondary N) is 1. The van der Waals surface area contributed by atoms with E-state index in [1.165, 1.54) is 11.3 Å². The zero-order valence-corrected chi connectivity index (χ0v) is 17.1. The van der Waals surface area contributed by atoms with Gasteiger partial charge in [0.1, 0.15) is 5.75 Å². The van der Waals surface area contributed by atoms with Crippen LogP contribution in [0.25, 0.3) is 11.3 Å². The standard InChI is InChI=1S/C22H22N2O4S/c1-3-27-20(26)13-18-21(16-7-5-4-6-8-16)24-22(29-18)23-19(25)14-28-17-11-9-15(2)10-12-17/h4-12H,3,13-14H2,1-2H3,(H,23,24,25). The van der Waals surface area contributed by atoms with Gasteiger partial charge in [-0.3, -0.25) is 14.9 Å². The van der Waals surface area contributed by atoms with Crippen molar-refractivity contribution in [2.24, 2.45) is 0 Å². The molecular weight excluding hydrogens is 388 g/mol. The van der Waals surface area contributed by atoms with Gasteiger partial charge in [-0.25, -0.2) is 4.98 Å². The van der Waals surface area contributed by atoms with Gasteiger partial charge in [-0.2, -0.15) is 0 Å². The average molecular weight is 410 g/mol. The van der Waals surface area contributed by atoms with E-state index in [1.807, 2.05) is 61.5 Å². The molecular formula is C22H22N2O4S. The van der Waals surface area contributed by atoms with Gasteiger partial charge >= 0.3 is 5.97 Å². The van der Waals surface area contributed by atoms with Gasteiger partial charge in [0.05, 0.1) is 18.7 Å². The van der Waals surface area contributed by atoms with Gasteiger partial charge in [0.25, 0.3) is 5.91 Å². The molecule has 1 aromatic heterocycles. The summed E-state index contributed by atoms with van der Waals surface area (Å²) in [6, 6.07) is 17.0. The van der Waals surface area contributed by atoms with Gasteiger partial charge < -0.3 is 9.47 Å². The van der Waals surface area contributed by atoms with Gasteiger partial charge in [0.2, 0.25) is 0 Å². The Morgan fingerprint density at radius 3 is 2.48 bits per heavy atom. The van der Waals surface area contributed by atoms with E-state index >= 15 is 0 Å². The highest BCUT2D eigenvalue weighted by molar-refractivity contribution is 7.16.